The van der Waals surface area contributed by atoms with Crippen LogP contribution in [-0.4, -0.2) is 35.6 Å². The molecular weight excluding hydrogens is 375 g/mol. The first-order valence-corrected chi connectivity index (χ1v) is 10.5. The van der Waals surface area contributed by atoms with E-state index in [2.05, 4.69) is 11.4 Å². The second-order valence-electron chi connectivity index (χ2n) is 6.67. The summed E-state index contributed by atoms with van der Waals surface area (Å²) in [6.07, 6.45) is 0.509. The van der Waals surface area contributed by atoms with Crippen LogP contribution < -0.4 is 5.32 Å². The van der Waals surface area contributed by atoms with Crippen molar-refractivity contribution in [3.63, 3.8) is 0 Å². The van der Waals surface area contributed by atoms with Crippen molar-refractivity contribution in [1.82, 2.24) is 10.2 Å². The average molecular weight is 403 g/mol. The van der Waals surface area contributed by atoms with E-state index in [0.29, 0.717) is 6.42 Å². The lowest BCUT2D eigenvalue weighted by Gasteiger charge is -2.30. The number of benzene rings is 2. The van der Waals surface area contributed by atoms with Crippen molar-refractivity contribution in [1.29, 1.82) is 0 Å². The zero-order valence-electron chi connectivity index (χ0n) is 16.6. The van der Waals surface area contributed by atoms with Crippen molar-refractivity contribution in [3.8, 4) is 0 Å². The lowest BCUT2D eigenvalue weighted by atomic mass is 10.1. The Morgan fingerprint density at radius 2 is 1.86 bits per heavy atom. The van der Waals surface area contributed by atoms with Gasteiger partial charge < -0.3 is 10.2 Å². The van der Waals surface area contributed by atoms with E-state index in [1.165, 1.54) is 35.0 Å². The Balaban J connectivity index is 2.08. The number of amides is 2. The molecule has 1 atom stereocenters. The van der Waals surface area contributed by atoms with Gasteiger partial charge in [0, 0.05) is 19.3 Å². The van der Waals surface area contributed by atoms with Crippen LogP contribution in [0, 0.1) is 12.7 Å². The Kier molecular flexibility index (Phi) is 8.51. The third-order valence-corrected chi connectivity index (χ3v) is 5.46. The topological polar surface area (TPSA) is 49.4 Å². The molecule has 0 aromatic heterocycles. The fraction of sp³-hybridized carbons (Fsp3) is 0.364. The molecule has 0 unspecified atom stereocenters. The lowest BCUT2D eigenvalue weighted by Crippen LogP contribution is -2.48. The second-order valence-corrected chi connectivity index (χ2v) is 7.65. The van der Waals surface area contributed by atoms with Crippen molar-refractivity contribution in [3.05, 3.63) is 71.0 Å². The van der Waals surface area contributed by atoms with Gasteiger partial charge in [-0.25, -0.2) is 4.39 Å². The van der Waals surface area contributed by atoms with Gasteiger partial charge in [-0.15, -0.1) is 11.8 Å². The summed E-state index contributed by atoms with van der Waals surface area (Å²) in [4.78, 5) is 26.8. The molecule has 28 heavy (non-hydrogen) atoms. The Morgan fingerprint density at radius 1 is 1.14 bits per heavy atom. The van der Waals surface area contributed by atoms with Crippen LogP contribution in [-0.2, 0) is 21.9 Å². The van der Waals surface area contributed by atoms with Gasteiger partial charge in [0.25, 0.3) is 0 Å². The van der Waals surface area contributed by atoms with Crippen molar-refractivity contribution in [2.24, 2.45) is 0 Å². The smallest absolute Gasteiger partial charge is 0.242 e. The molecule has 0 aliphatic heterocycles. The highest BCUT2D eigenvalue weighted by atomic mass is 32.2. The average Bonchev–Trinajstić information content (AvgIpc) is 2.69. The van der Waals surface area contributed by atoms with Gasteiger partial charge >= 0.3 is 0 Å². The minimum absolute atomic E-state index is 0.0996. The Bertz CT molecular complexity index is 795. The van der Waals surface area contributed by atoms with E-state index in [1.807, 2.05) is 32.0 Å². The van der Waals surface area contributed by atoms with Gasteiger partial charge in [-0.05, 0) is 36.6 Å². The maximum absolute atomic E-state index is 13.2. The van der Waals surface area contributed by atoms with Crippen LogP contribution in [0.1, 0.15) is 30.0 Å². The molecule has 1 N–H and O–H groups in total. The Morgan fingerprint density at radius 3 is 2.46 bits per heavy atom. The van der Waals surface area contributed by atoms with Gasteiger partial charge in [0.1, 0.15) is 11.9 Å². The summed E-state index contributed by atoms with van der Waals surface area (Å²) in [7, 11) is 1.57. The highest BCUT2D eigenvalue weighted by Crippen LogP contribution is 2.18. The molecule has 2 amide bonds. The fourth-order valence-electron chi connectivity index (χ4n) is 3.01. The van der Waals surface area contributed by atoms with E-state index in [0.717, 1.165) is 11.3 Å². The van der Waals surface area contributed by atoms with Crippen LogP contribution >= 0.6 is 11.8 Å². The number of likely N-dealkylation sites (N-methyl/N-ethyl adjacent to an activating group) is 1. The second kappa shape index (κ2) is 10.9. The summed E-state index contributed by atoms with van der Waals surface area (Å²) < 4.78 is 13.2. The van der Waals surface area contributed by atoms with Gasteiger partial charge in [0.15, 0.2) is 0 Å². The van der Waals surface area contributed by atoms with E-state index in [1.54, 1.807) is 24.1 Å². The van der Waals surface area contributed by atoms with Crippen LogP contribution in [0.15, 0.2) is 48.5 Å². The molecule has 0 spiro atoms. The normalized spacial score (nSPS) is 11.7. The molecule has 0 heterocycles. The third kappa shape index (κ3) is 6.37. The van der Waals surface area contributed by atoms with Crippen LogP contribution in [0.2, 0.25) is 0 Å². The number of nitrogens with one attached hydrogen (secondary N) is 1. The van der Waals surface area contributed by atoms with Crippen LogP contribution in [0.5, 0.6) is 0 Å². The molecule has 2 rings (SSSR count). The molecule has 0 bridgehead atoms. The van der Waals surface area contributed by atoms with Crippen molar-refractivity contribution >= 4 is 23.6 Å². The third-order valence-electron chi connectivity index (χ3n) is 4.48. The quantitative estimate of drug-likeness (QED) is 0.692. The van der Waals surface area contributed by atoms with Crippen LogP contribution in [0.4, 0.5) is 4.39 Å². The van der Waals surface area contributed by atoms with Crippen molar-refractivity contribution in [2.45, 2.75) is 38.6 Å². The number of halogens is 1. The predicted molar refractivity (Wildman–Crippen MR) is 112 cm³/mol. The molecule has 2 aromatic carbocycles. The standard InChI is InChI=1S/C22H27FN2O2S/c1-4-20(22(27)24-3)25(13-17-8-10-19(23)11-9-17)21(26)15-28-14-18-7-5-6-16(2)12-18/h5-12,20H,4,13-15H2,1-3H3,(H,24,27)/t20-/m0/s1. The monoisotopic (exact) mass is 402 g/mol. The van der Waals surface area contributed by atoms with E-state index >= 15 is 0 Å². The van der Waals surface area contributed by atoms with Crippen molar-refractivity contribution < 1.29 is 14.0 Å². The Hall–Kier alpha value is -2.34. The number of thioether (sulfide) groups is 1. The number of carbonyl (C=O) groups is 2. The first kappa shape index (κ1) is 22.0. The summed E-state index contributed by atoms with van der Waals surface area (Å²) in [6.45, 7) is 4.19. The molecule has 0 saturated carbocycles. The molecule has 0 aliphatic rings. The molecule has 0 aliphatic carbocycles. The predicted octanol–water partition coefficient (Wildman–Crippen LogP) is 3.92. The van der Waals surface area contributed by atoms with E-state index in [-0.39, 0.29) is 29.9 Å². The number of aryl methyl sites for hydroxylation is 1. The number of nitrogens with zero attached hydrogens (tertiary/aromatic N) is 1. The molecule has 0 fully saturated rings. The summed E-state index contributed by atoms with van der Waals surface area (Å²) in [5.41, 5.74) is 3.15. The summed E-state index contributed by atoms with van der Waals surface area (Å²) >= 11 is 1.53. The summed E-state index contributed by atoms with van der Waals surface area (Å²) in [5.74, 6) is 0.393. The minimum Gasteiger partial charge on any atom is -0.357 e. The number of rotatable bonds is 9. The first-order chi connectivity index (χ1) is 13.4. The lowest BCUT2D eigenvalue weighted by molar-refractivity contribution is -0.139. The first-order valence-electron chi connectivity index (χ1n) is 9.33. The highest BCUT2D eigenvalue weighted by Gasteiger charge is 2.27. The zero-order valence-corrected chi connectivity index (χ0v) is 17.4. The van der Waals surface area contributed by atoms with Gasteiger partial charge in [-0.3, -0.25) is 9.59 Å². The zero-order chi connectivity index (χ0) is 20.5. The maximum atomic E-state index is 13.2. The molecule has 0 saturated heterocycles. The highest BCUT2D eigenvalue weighted by molar-refractivity contribution is 7.99. The molecule has 4 nitrogen and oxygen atoms in total. The summed E-state index contributed by atoms with van der Waals surface area (Å²) in [5, 5.41) is 2.63. The molecule has 2 aromatic rings. The van der Waals surface area contributed by atoms with Gasteiger partial charge in [0.05, 0.1) is 5.75 Å². The molecule has 6 heteroatoms. The number of hydrogen-bond donors (Lipinski definition) is 1. The minimum atomic E-state index is -0.554. The SMILES string of the molecule is CC[C@@H](C(=O)NC)N(Cc1ccc(F)cc1)C(=O)CSCc1cccc(C)c1. The van der Waals surface area contributed by atoms with Crippen LogP contribution in [0.25, 0.3) is 0 Å². The molecule has 150 valence electrons. The van der Waals surface area contributed by atoms with Crippen molar-refractivity contribution in [2.75, 3.05) is 12.8 Å². The fourth-order valence-corrected chi connectivity index (χ4v) is 3.87. The largest absolute Gasteiger partial charge is 0.357 e. The Labute approximate surface area is 170 Å². The van der Waals surface area contributed by atoms with E-state index < -0.39 is 6.04 Å². The van der Waals surface area contributed by atoms with E-state index in [9.17, 15) is 14.0 Å². The molecule has 0 radical (unpaired) electrons. The number of carbonyl (C=O) groups excluding carboxylic acids is 2. The molecular formula is C22H27FN2O2S. The van der Waals surface area contributed by atoms with Gasteiger partial charge in [-0.2, -0.15) is 0 Å². The number of hydrogen-bond acceptors (Lipinski definition) is 3. The van der Waals surface area contributed by atoms with Crippen LogP contribution in [0.3, 0.4) is 0 Å². The van der Waals surface area contributed by atoms with Gasteiger partial charge in [-0.1, -0.05) is 48.9 Å². The van der Waals surface area contributed by atoms with Gasteiger partial charge in [0.2, 0.25) is 11.8 Å². The van der Waals surface area contributed by atoms with E-state index in [4.69, 9.17) is 0 Å². The summed E-state index contributed by atoms with van der Waals surface area (Å²) in [6, 6.07) is 13.7. The maximum Gasteiger partial charge on any atom is 0.242 e.